The molecule has 0 radical (unpaired) electrons. The van der Waals surface area contributed by atoms with Gasteiger partial charge in [0.25, 0.3) is 0 Å². The van der Waals surface area contributed by atoms with E-state index in [2.05, 4.69) is 15.0 Å². The lowest BCUT2D eigenvalue weighted by Gasteiger charge is -2.31. The molecule has 0 unspecified atom stereocenters. The minimum Gasteiger partial charge on any atom is -0.497 e. The van der Waals surface area contributed by atoms with Crippen molar-refractivity contribution in [1.82, 2.24) is 10.1 Å². The molecule has 3 atom stereocenters. The maximum absolute atomic E-state index is 14.5. The number of methoxy groups -OCH3 is 1. The Labute approximate surface area is 222 Å². The normalized spacial score (nSPS) is 22.5. The van der Waals surface area contributed by atoms with Gasteiger partial charge >= 0.3 is 5.97 Å². The molecule has 0 amide bonds. The third-order valence-electron chi connectivity index (χ3n) is 7.98. The van der Waals surface area contributed by atoms with Gasteiger partial charge in [0.1, 0.15) is 22.7 Å². The molecule has 8 nitrogen and oxygen atoms in total. The van der Waals surface area contributed by atoms with Crippen LogP contribution in [0.3, 0.4) is 0 Å². The van der Waals surface area contributed by atoms with Crippen molar-refractivity contribution in [2.24, 2.45) is 5.92 Å². The summed E-state index contributed by atoms with van der Waals surface area (Å²) >= 11 is 1.35. The molecule has 7 rings (SSSR count). The molecule has 38 heavy (non-hydrogen) atoms. The molecule has 3 heterocycles. The predicted octanol–water partition coefficient (Wildman–Crippen LogP) is 5.86. The number of anilines is 1. The Morgan fingerprint density at radius 2 is 2.05 bits per heavy atom. The van der Waals surface area contributed by atoms with Gasteiger partial charge in [0.2, 0.25) is 0 Å². The number of thiazole rings is 1. The molecule has 10 heteroatoms. The van der Waals surface area contributed by atoms with Gasteiger partial charge in [0.15, 0.2) is 10.9 Å². The van der Waals surface area contributed by atoms with Crippen LogP contribution in [0.4, 0.5) is 9.52 Å². The van der Waals surface area contributed by atoms with Gasteiger partial charge in [-0.05, 0) is 62.1 Å². The Hall–Kier alpha value is -3.50. The summed E-state index contributed by atoms with van der Waals surface area (Å²) in [6, 6.07) is 10.6. The van der Waals surface area contributed by atoms with Crippen LogP contribution in [0.5, 0.6) is 5.75 Å². The molecule has 0 spiro atoms. The number of aromatic nitrogens is 2. The summed E-state index contributed by atoms with van der Waals surface area (Å²) in [5.41, 5.74) is 3.02. The van der Waals surface area contributed by atoms with E-state index in [1.807, 2.05) is 24.3 Å². The number of carboxylic acids is 1. The quantitative estimate of drug-likeness (QED) is 0.300. The van der Waals surface area contributed by atoms with Crippen molar-refractivity contribution in [2.75, 3.05) is 18.6 Å². The SMILES string of the molecule is COc1ccc(-c2noc(C3CC3)c2CO[C@@H]2C[C@@H]3C[C@H]2CN3c2nc3c(F)cc(C(=O)O)cc3s2)cc1. The maximum Gasteiger partial charge on any atom is 0.335 e. The summed E-state index contributed by atoms with van der Waals surface area (Å²) in [6.45, 7) is 1.24. The number of benzene rings is 2. The fourth-order valence-corrected chi connectivity index (χ4v) is 6.96. The second-order valence-corrected chi connectivity index (χ2v) is 11.4. The van der Waals surface area contributed by atoms with E-state index in [0.717, 1.165) is 71.8 Å². The van der Waals surface area contributed by atoms with Crippen LogP contribution in [-0.4, -0.2) is 47.0 Å². The molecule has 1 N–H and O–H groups in total. The van der Waals surface area contributed by atoms with Crippen molar-refractivity contribution in [3.05, 3.63) is 59.1 Å². The van der Waals surface area contributed by atoms with Crippen molar-refractivity contribution in [1.29, 1.82) is 0 Å². The molecule has 2 aromatic heterocycles. The van der Waals surface area contributed by atoms with E-state index in [9.17, 15) is 14.3 Å². The first kappa shape index (κ1) is 23.6. The Morgan fingerprint density at radius 1 is 1.24 bits per heavy atom. The number of carbonyl (C=O) groups is 1. The number of piperidine rings is 1. The molecule has 2 bridgehead atoms. The number of halogens is 1. The second-order valence-electron chi connectivity index (χ2n) is 10.4. The first-order valence-corrected chi connectivity index (χ1v) is 13.6. The van der Waals surface area contributed by atoms with Gasteiger partial charge in [-0.25, -0.2) is 14.2 Å². The van der Waals surface area contributed by atoms with Crippen molar-refractivity contribution >= 4 is 32.7 Å². The molecular formula is C28H26FN3O5S. The maximum atomic E-state index is 14.5. The highest BCUT2D eigenvalue weighted by atomic mass is 32.1. The zero-order valence-corrected chi connectivity index (χ0v) is 21.5. The lowest BCUT2D eigenvalue weighted by Crippen LogP contribution is -2.38. The van der Waals surface area contributed by atoms with E-state index in [4.69, 9.17) is 14.0 Å². The van der Waals surface area contributed by atoms with Crippen molar-refractivity contribution in [2.45, 2.75) is 50.4 Å². The van der Waals surface area contributed by atoms with E-state index in [-0.39, 0.29) is 23.2 Å². The van der Waals surface area contributed by atoms with Crippen molar-refractivity contribution < 1.29 is 28.3 Å². The van der Waals surface area contributed by atoms with Gasteiger partial charge < -0.3 is 24.0 Å². The summed E-state index contributed by atoms with van der Waals surface area (Å²) in [6.07, 6.45) is 4.21. The molecule has 2 saturated carbocycles. The standard InChI is InChI=1S/C28H26FN3O5S/c1-35-19-6-4-14(5-7-19)24-20(26(37-31-24)15-2-3-15)13-36-22-11-18-8-17(22)12-32(18)28-30-25-21(29)9-16(27(33)34)10-23(25)38-28/h4-7,9-10,15,17-18,22H,2-3,8,11-13H2,1H3,(H,33,34)/t17-,18-,22+/m0/s1. The third kappa shape index (κ3) is 4.03. The molecule has 4 aromatic rings. The minimum atomic E-state index is -1.14. The van der Waals surface area contributed by atoms with Crippen LogP contribution in [0.25, 0.3) is 21.5 Å². The zero-order chi connectivity index (χ0) is 26.0. The summed E-state index contributed by atoms with van der Waals surface area (Å²) < 4.78 is 32.7. The number of fused-ring (bicyclic) bond motifs is 3. The zero-order valence-electron chi connectivity index (χ0n) is 20.7. The number of rotatable bonds is 8. The van der Waals surface area contributed by atoms with E-state index < -0.39 is 11.8 Å². The predicted molar refractivity (Wildman–Crippen MR) is 139 cm³/mol. The third-order valence-corrected chi connectivity index (χ3v) is 9.02. The summed E-state index contributed by atoms with van der Waals surface area (Å²) in [5.74, 6) is 0.763. The van der Waals surface area contributed by atoms with Gasteiger partial charge in [-0.3, -0.25) is 0 Å². The molecule has 3 aliphatic rings. The van der Waals surface area contributed by atoms with Crippen LogP contribution in [0.1, 0.15) is 53.3 Å². The van der Waals surface area contributed by atoms with Gasteiger partial charge in [0, 0.05) is 35.5 Å². The van der Waals surface area contributed by atoms with E-state index in [1.54, 1.807) is 7.11 Å². The first-order chi connectivity index (χ1) is 18.5. The summed E-state index contributed by atoms with van der Waals surface area (Å²) in [4.78, 5) is 18.1. The Morgan fingerprint density at radius 3 is 2.74 bits per heavy atom. The monoisotopic (exact) mass is 535 g/mol. The molecule has 3 fully saturated rings. The fraction of sp³-hybridized carbons (Fsp3) is 0.393. The van der Waals surface area contributed by atoms with Crippen LogP contribution in [0.15, 0.2) is 40.9 Å². The molecule has 1 aliphatic heterocycles. The van der Waals surface area contributed by atoms with E-state index in [1.165, 1.54) is 17.4 Å². The Bertz CT molecular complexity index is 1530. The number of carboxylic acid groups (broad SMARTS) is 1. The highest BCUT2D eigenvalue weighted by Crippen LogP contribution is 2.47. The van der Waals surface area contributed by atoms with Gasteiger partial charge in [-0.15, -0.1) is 0 Å². The van der Waals surface area contributed by atoms with Crippen LogP contribution >= 0.6 is 11.3 Å². The topological polar surface area (TPSA) is 97.9 Å². The molecule has 2 aromatic carbocycles. The lowest BCUT2D eigenvalue weighted by atomic mass is 10.0. The average Bonchev–Trinajstić information content (AvgIpc) is 3.26. The molecule has 1 saturated heterocycles. The van der Waals surface area contributed by atoms with Crippen LogP contribution in [0.2, 0.25) is 0 Å². The number of aromatic carboxylic acids is 1. The largest absolute Gasteiger partial charge is 0.497 e. The Balaban J connectivity index is 1.07. The number of hydrogen-bond donors (Lipinski definition) is 1. The van der Waals surface area contributed by atoms with Crippen LogP contribution in [-0.2, 0) is 11.3 Å². The fourth-order valence-electron chi connectivity index (χ4n) is 5.86. The van der Waals surface area contributed by atoms with Crippen LogP contribution in [0, 0.1) is 11.7 Å². The van der Waals surface area contributed by atoms with Gasteiger partial charge in [0.05, 0.1) is 30.1 Å². The van der Waals surface area contributed by atoms with E-state index in [0.29, 0.717) is 23.1 Å². The van der Waals surface area contributed by atoms with Crippen molar-refractivity contribution in [3.8, 4) is 17.0 Å². The second kappa shape index (κ2) is 9.06. The molecule has 196 valence electrons. The minimum absolute atomic E-state index is 0.0603. The smallest absolute Gasteiger partial charge is 0.335 e. The number of nitrogens with zero attached hydrogens (tertiary/aromatic N) is 3. The highest BCUT2D eigenvalue weighted by molar-refractivity contribution is 7.22. The first-order valence-electron chi connectivity index (χ1n) is 12.8. The summed E-state index contributed by atoms with van der Waals surface area (Å²) in [5, 5.41) is 14.4. The Kier molecular flexibility index (Phi) is 5.63. The van der Waals surface area contributed by atoms with E-state index >= 15 is 0 Å². The van der Waals surface area contributed by atoms with Crippen molar-refractivity contribution in [3.63, 3.8) is 0 Å². The number of hydrogen-bond acceptors (Lipinski definition) is 8. The molecular weight excluding hydrogens is 509 g/mol. The average molecular weight is 536 g/mol. The van der Waals surface area contributed by atoms with Gasteiger partial charge in [-0.1, -0.05) is 16.5 Å². The lowest BCUT2D eigenvalue weighted by molar-refractivity contribution is 0.0122. The van der Waals surface area contributed by atoms with Crippen LogP contribution < -0.4 is 9.64 Å². The molecule has 2 aliphatic carbocycles. The number of ether oxygens (including phenoxy) is 2. The summed E-state index contributed by atoms with van der Waals surface area (Å²) in [7, 11) is 1.65. The van der Waals surface area contributed by atoms with Gasteiger partial charge in [-0.2, -0.15) is 0 Å². The highest BCUT2D eigenvalue weighted by Gasteiger charge is 2.46.